The van der Waals surface area contributed by atoms with Crippen molar-refractivity contribution < 1.29 is 28.3 Å². The van der Waals surface area contributed by atoms with Crippen LogP contribution >= 0.6 is 0 Å². The third kappa shape index (κ3) is 11.3. The summed E-state index contributed by atoms with van der Waals surface area (Å²) < 4.78 is 19.3. The molecule has 9 heteroatoms. The number of nitrogens with zero attached hydrogens (tertiary/aromatic N) is 1. The van der Waals surface area contributed by atoms with E-state index in [1.807, 2.05) is 49.4 Å². The average molecular weight is 706 g/mol. The van der Waals surface area contributed by atoms with Gasteiger partial charge in [0.1, 0.15) is 12.2 Å². The molecule has 0 bridgehead atoms. The van der Waals surface area contributed by atoms with Crippen LogP contribution in [-0.2, 0) is 31.5 Å². The SMILES string of the molecule is C[C@@H]([C@@H](O)[C@@H](O[Si](C)(C)C(C)(C)C)C(=O)[C@H](CO[Si](C)(C)C(C)(C)C)OC(=O)c1ccccc1)N(Cc1ccccc1)Cc1ccccc1. The molecule has 0 amide bonds. The maximum absolute atomic E-state index is 14.8. The van der Waals surface area contributed by atoms with Crippen molar-refractivity contribution in [3.05, 3.63) is 108 Å². The summed E-state index contributed by atoms with van der Waals surface area (Å²) in [5.41, 5.74) is 2.51. The van der Waals surface area contributed by atoms with E-state index in [0.29, 0.717) is 18.7 Å². The van der Waals surface area contributed by atoms with Gasteiger partial charge in [0.25, 0.3) is 0 Å². The lowest BCUT2D eigenvalue weighted by Gasteiger charge is -2.43. The summed E-state index contributed by atoms with van der Waals surface area (Å²) in [6.07, 6.45) is -3.78. The summed E-state index contributed by atoms with van der Waals surface area (Å²) in [4.78, 5) is 30.5. The molecule has 0 spiro atoms. The first-order valence-corrected chi connectivity index (χ1v) is 23.2. The van der Waals surface area contributed by atoms with Gasteiger partial charge in [-0.05, 0) is 66.4 Å². The van der Waals surface area contributed by atoms with Crippen molar-refractivity contribution in [2.24, 2.45) is 0 Å². The molecule has 1 N–H and O–H groups in total. The van der Waals surface area contributed by atoms with Crippen LogP contribution < -0.4 is 0 Å². The summed E-state index contributed by atoms with van der Waals surface area (Å²) in [6.45, 7) is 23.9. The number of aliphatic hydroxyl groups is 1. The molecule has 3 rings (SSSR count). The quantitative estimate of drug-likeness (QED) is 0.118. The molecule has 0 unspecified atom stereocenters. The zero-order valence-corrected chi connectivity index (χ0v) is 33.5. The van der Waals surface area contributed by atoms with Crippen LogP contribution in [-0.4, -0.2) is 69.4 Å². The van der Waals surface area contributed by atoms with Crippen LogP contribution in [0.3, 0.4) is 0 Å². The average Bonchev–Trinajstić information content (AvgIpc) is 3.04. The molecular formula is C40H59NO6Si2. The van der Waals surface area contributed by atoms with E-state index in [4.69, 9.17) is 13.6 Å². The van der Waals surface area contributed by atoms with Crippen LogP contribution in [0.1, 0.15) is 70.0 Å². The Morgan fingerprint density at radius 3 is 1.57 bits per heavy atom. The first kappa shape index (κ1) is 40.5. The number of carbonyl (C=O) groups excluding carboxylic acids is 2. The molecule has 0 fully saturated rings. The predicted octanol–water partition coefficient (Wildman–Crippen LogP) is 8.65. The third-order valence-corrected chi connectivity index (χ3v) is 19.3. The lowest BCUT2D eigenvalue weighted by atomic mass is 9.98. The highest BCUT2D eigenvalue weighted by Gasteiger charge is 2.47. The van der Waals surface area contributed by atoms with E-state index in [0.717, 1.165) is 11.1 Å². The Morgan fingerprint density at radius 2 is 1.14 bits per heavy atom. The smallest absolute Gasteiger partial charge is 0.338 e. The van der Waals surface area contributed by atoms with E-state index >= 15 is 0 Å². The molecule has 268 valence electrons. The molecule has 0 aliphatic rings. The predicted molar refractivity (Wildman–Crippen MR) is 203 cm³/mol. The van der Waals surface area contributed by atoms with Crippen molar-refractivity contribution >= 4 is 28.4 Å². The lowest BCUT2D eigenvalue weighted by molar-refractivity contribution is -0.145. The van der Waals surface area contributed by atoms with Crippen molar-refractivity contribution in [1.82, 2.24) is 4.90 Å². The van der Waals surface area contributed by atoms with Gasteiger partial charge in [-0.3, -0.25) is 9.69 Å². The molecule has 4 atom stereocenters. The highest BCUT2D eigenvalue weighted by molar-refractivity contribution is 6.74. The fourth-order valence-electron chi connectivity index (χ4n) is 4.87. The van der Waals surface area contributed by atoms with Crippen molar-refractivity contribution in [2.75, 3.05) is 6.61 Å². The Hall–Kier alpha value is -2.93. The van der Waals surface area contributed by atoms with E-state index in [1.54, 1.807) is 24.3 Å². The Balaban J connectivity index is 2.06. The zero-order valence-electron chi connectivity index (χ0n) is 31.5. The van der Waals surface area contributed by atoms with E-state index in [-0.39, 0.29) is 16.7 Å². The molecule has 3 aromatic rings. The second-order valence-corrected chi connectivity index (χ2v) is 25.7. The van der Waals surface area contributed by atoms with E-state index in [9.17, 15) is 14.7 Å². The number of ether oxygens (including phenoxy) is 1. The molecule has 49 heavy (non-hydrogen) atoms. The summed E-state index contributed by atoms with van der Waals surface area (Å²) in [5, 5.41) is 11.9. The monoisotopic (exact) mass is 705 g/mol. The first-order valence-electron chi connectivity index (χ1n) is 17.3. The van der Waals surface area contributed by atoms with Gasteiger partial charge in [-0.15, -0.1) is 0 Å². The zero-order chi connectivity index (χ0) is 36.6. The number of benzene rings is 3. The molecule has 0 saturated carbocycles. The number of carbonyl (C=O) groups is 2. The first-order chi connectivity index (χ1) is 22.7. The van der Waals surface area contributed by atoms with Gasteiger partial charge in [0.15, 0.2) is 22.7 Å². The number of ketones is 1. The highest BCUT2D eigenvalue weighted by Crippen LogP contribution is 2.39. The fraction of sp³-hybridized carbons (Fsp3) is 0.500. The van der Waals surface area contributed by atoms with Crippen LogP contribution in [0.25, 0.3) is 0 Å². The van der Waals surface area contributed by atoms with Gasteiger partial charge in [-0.2, -0.15) is 0 Å². The minimum atomic E-state index is -2.63. The van der Waals surface area contributed by atoms with Crippen molar-refractivity contribution in [2.45, 2.75) is 122 Å². The van der Waals surface area contributed by atoms with Gasteiger partial charge in [-0.1, -0.05) is 120 Å². The highest BCUT2D eigenvalue weighted by atomic mass is 28.4. The minimum absolute atomic E-state index is 0.121. The normalized spacial score (nSPS) is 15.4. The molecule has 0 aliphatic heterocycles. The van der Waals surface area contributed by atoms with Gasteiger partial charge >= 0.3 is 5.97 Å². The van der Waals surface area contributed by atoms with E-state index in [1.165, 1.54) is 0 Å². The fourth-order valence-corrected chi connectivity index (χ4v) is 7.11. The van der Waals surface area contributed by atoms with Crippen LogP contribution in [0.4, 0.5) is 0 Å². The van der Waals surface area contributed by atoms with Crippen LogP contribution in [0.15, 0.2) is 91.0 Å². The van der Waals surface area contributed by atoms with Gasteiger partial charge in [0.2, 0.25) is 5.78 Å². The topological polar surface area (TPSA) is 85.3 Å². The molecule has 0 heterocycles. The number of hydrogen-bond acceptors (Lipinski definition) is 7. The van der Waals surface area contributed by atoms with Gasteiger partial charge in [0, 0.05) is 19.1 Å². The third-order valence-electron chi connectivity index (χ3n) is 10.3. The maximum atomic E-state index is 14.8. The number of hydrogen-bond donors (Lipinski definition) is 1. The maximum Gasteiger partial charge on any atom is 0.338 e. The minimum Gasteiger partial charge on any atom is -0.448 e. The van der Waals surface area contributed by atoms with Crippen LogP contribution in [0.5, 0.6) is 0 Å². The summed E-state index contributed by atoms with van der Waals surface area (Å²) in [6, 6.07) is 28.3. The van der Waals surface area contributed by atoms with Crippen LogP contribution in [0.2, 0.25) is 36.3 Å². The van der Waals surface area contributed by atoms with Crippen molar-refractivity contribution in [3.8, 4) is 0 Å². The Bertz CT molecular complexity index is 1430. The summed E-state index contributed by atoms with van der Waals surface area (Å²) >= 11 is 0. The number of rotatable bonds is 16. The Morgan fingerprint density at radius 1 is 0.714 bits per heavy atom. The Labute approximate surface area is 297 Å². The van der Waals surface area contributed by atoms with E-state index < -0.39 is 52.7 Å². The lowest BCUT2D eigenvalue weighted by Crippen LogP contribution is -2.58. The van der Waals surface area contributed by atoms with Crippen LogP contribution in [0, 0.1) is 0 Å². The van der Waals surface area contributed by atoms with Gasteiger partial charge in [0.05, 0.1) is 12.2 Å². The van der Waals surface area contributed by atoms with Gasteiger partial charge in [-0.25, -0.2) is 4.79 Å². The molecule has 0 saturated heterocycles. The molecule has 0 radical (unpaired) electrons. The second kappa shape index (κ2) is 16.9. The largest absolute Gasteiger partial charge is 0.448 e. The number of esters is 1. The molecular weight excluding hydrogens is 647 g/mol. The summed E-state index contributed by atoms with van der Waals surface area (Å²) in [5.74, 6) is -1.12. The van der Waals surface area contributed by atoms with Crippen molar-refractivity contribution in [3.63, 3.8) is 0 Å². The molecule has 0 aromatic heterocycles. The molecule has 7 nitrogen and oxygen atoms in total. The van der Waals surface area contributed by atoms with E-state index in [2.05, 4.69) is 96.9 Å². The number of aliphatic hydroxyl groups excluding tert-OH is 1. The van der Waals surface area contributed by atoms with Crippen molar-refractivity contribution in [1.29, 1.82) is 0 Å². The second-order valence-electron chi connectivity index (χ2n) is 16.1. The Kier molecular flexibility index (Phi) is 13.9. The molecule has 3 aromatic carbocycles. The standard InChI is InChI=1S/C40H59NO6Si2/c1-30(41(27-31-21-15-12-16-22-31)28-32-23-17-13-18-24-32)35(42)37(47-49(10,11)40(5,6)7)36(43)34(29-45-48(8,9)39(2,3)4)46-38(44)33-25-19-14-20-26-33/h12-26,30,34-35,37,42H,27-29H2,1-11H3/t30-,34-,35+,37+/m0/s1. The van der Waals surface area contributed by atoms with Gasteiger partial charge < -0.3 is 18.7 Å². The summed E-state index contributed by atoms with van der Waals surface area (Å²) in [7, 11) is -4.99. The molecule has 0 aliphatic carbocycles. The number of Topliss-reactive ketones (excluding diaryl/α,β-unsaturated/α-hetero) is 1.